The highest BCUT2D eigenvalue weighted by Crippen LogP contribution is 2.28. The normalized spacial score (nSPS) is 17.0. The molecule has 1 atom stereocenters. The fourth-order valence-corrected chi connectivity index (χ4v) is 3.97. The van der Waals surface area contributed by atoms with Gasteiger partial charge in [-0.05, 0) is 32.3 Å². The second-order valence-corrected chi connectivity index (χ2v) is 7.53. The number of nitrogens with zero attached hydrogens (tertiary/aromatic N) is 3. The standard InChI is InChI=1S/C14H19ClN4O2S/c1-11(5-6-16)18-22(20,21)12-9-13(15)14(17-10-12)19-7-3-2-4-8-19/h9-11,18H,2-5,7-8H2,1H3. The molecule has 1 fully saturated rings. The van der Waals surface area contributed by atoms with Crippen molar-refractivity contribution in [2.24, 2.45) is 0 Å². The molecule has 0 bridgehead atoms. The molecular formula is C14H19ClN4O2S. The number of nitrogens with one attached hydrogen (secondary N) is 1. The number of hydrogen-bond acceptors (Lipinski definition) is 5. The zero-order chi connectivity index (χ0) is 16.2. The van der Waals surface area contributed by atoms with Gasteiger partial charge in [0, 0.05) is 25.3 Å². The first-order valence-corrected chi connectivity index (χ1v) is 9.10. The van der Waals surface area contributed by atoms with E-state index in [2.05, 4.69) is 14.6 Å². The Morgan fingerprint density at radius 2 is 2.14 bits per heavy atom. The Labute approximate surface area is 136 Å². The molecule has 2 rings (SSSR count). The Morgan fingerprint density at radius 1 is 1.45 bits per heavy atom. The van der Waals surface area contributed by atoms with Crippen molar-refractivity contribution in [3.8, 4) is 6.07 Å². The van der Waals surface area contributed by atoms with Gasteiger partial charge in [-0.2, -0.15) is 5.26 Å². The number of hydrogen-bond donors (Lipinski definition) is 1. The van der Waals surface area contributed by atoms with Crippen molar-refractivity contribution < 1.29 is 8.42 Å². The summed E-state index contributed by atoms with van der Waals surface area (Å²) in [6.07, 6.45) is 4.79. The van der Waals surface area contributed by atoms with E-state index in [0.29, 0.717) is 10.8 Å². The van der Waals surface area contributed by atoms with E-state index in [9.17, 15) is 8.42 Å². The topological polar surface area (TPSA) is 86.1 Å². The van der Waals surface area contributed by atoms with Gasteiger partial charge in [0.1, 0.15) is 10.7 Å². The van der Waals surface area contributed by atoms with E-state index >= 15 is 0 Å². The first kappa shape index (κ1) is 17.0. The fraction of sp³-hybridized carbons (Fsp3) is 0.571. The van der Waals surface area contributed by atoms with E-state index in [1.807, 2.05) is 6.07 Å². The average Bonchev–Trinajstić information content (AvgIpc) is 2.47. The second-order valence-electron chi connectivity index (χ2n) is 5.41. The molecule has 8 heteroatoms. The predicted molar refractivity (Wildman–Crippen MR) is 85.3 cm³/mol. The summed E-state index contributed by atoms with van der Waals surface area (Å²) in [7, 11) is -3.72. The molecule has 0 radical (unpaired) electrons. The SMILES string of the molecule is CC(CC#N)NS(=O)(=O)c1cnc(N2CCCCC2)c(Cl)c1. The van der Waals surface area contributed by atoms with Gasteiger partial charge >= 0.3 is 0 Å². The third-order valence-electron chi connectivity index (χ3n) is 3.52. The molecule has 2 heterocycles. The smallest absolute Gasteiger partial charge is 0.242 e. The molecule has 1 aromatic heterocycles. The van der Waals surface area contributed by atoms with Crippen LogP contribution in [0.1, 0.15) is 32.6 Å². The molecule has 1 unspecified atom stereocenters. The number of piperidine rings is 1. The van der Waals surface area contributed by atoms with Crippen LogP contribution in [0.25, 0.3) is 0 Å². The Morgan fingerprint density at radius 3 is 2.73 bits per heavy atom. The van der Waals surface area contributed by atoms with E-state index in [4.69, 9.17) is 16.9 Å². The monoisotopic (exact) mass is 342 g/mol. The maximum Gasteiger partial charge on any atom is 0.242 e. The zero-order valence-electron chi connectivity index (χ0n) is 12.4. The van der Waals surface area contributed by atoms with Crippen LogP contribution in [0.3, 0.4) is 0 Å². The first-order chi connectivity index (χ1) is 10.4. The molecular weight excluding hydrogens is 324 g/mol. The lowest BCUT2D eigenvalue weighted by Crippen LogP contribution is -2.33. The molecule has 0 saturated carbocycles. The van der Waals surface area contributed by atoms with Crippen LogP contribution in [0.4, 0.5) is 5.82 Å². The maximum atomic E-state index is 12.2. The van der Waals surface area contributed by atoms with Crippen molar-refractivity contribution in [1.82, 2.24) is 9.71 Å². The molecule has 6 nitrogen and oxygen atoms in total. The highest BCUT2D eigenvalue weighted by atomic mass is 35.5. The summed E-state index contributed by atoms with van der Waals surface area (Å²) in [6, 6.07) is 2.88. The van der Waals surface area contributed by atoms with Crippen molar-refractivity contribution in [3.05, 3.63) is 17.3 Å². The molecule has 1 aromatic rings. The van der Waals surface area contributed by atoms with Gasteiger partial charge in [0.25, 0.3) is 0 Å². The highest BCUT2D eigenvalue weighted by Gasteiger charge is 2.21. The van der Waals surface area contributed by atoms with E-state index < -0.39 is 16.1 Å². The quantitative estimate of drug-likeness (QED) is 0.887. The lowest BCUT2D eigenvalue weighted by molar-refractivity contribution is 0.561. The van der Waals surface area contributed by atoms with Gasteiger partial charge < -0.3 is 4.90 Å². The van der Waals surface area contributed by atoms with E-state index in [0.717, 1.165) is 25.9 Å². The summed E-state index contributed by atoms with van der Waals surface area (Å²) in [5, 5.41) is 8.94. The average molecular weight is 343 g/mol. The zero-order valence-corrected chi connectivity index (χ0v) is 14.0. The van der Waals surface area contributed by atoms with Crippen molar-refractivity contribution in [2.75, 3.05) is 18.0 Å². The van der Waals surface area contributed by atoms with Crippen LogP contribution >= 0.6 is 11.6 Å². The summed E-state index contributed by atoms with van der Waals surface area (Å²) < 4.78 is 26.9. The number of nitriles is 1. The van der Waals surface area contributed by atoms with E-state index in [1.165, 1.54) is 18.7 Å². The van der Waals surface area contributed by atoms with Crippen molar-refractivity contribution >= 4 is 27.4 Å². The minimum atomic E-state index is -3.72. The molecule has 22 heavy (non-hydrogen) atoms. The Kier molecular flexibility index (Phi) is 5.62. The van der Waals surface area contributed by atoms with Gasteiger partial charge in [0.15, 0.2) is 0 Å². The Balaban J connectivity index is 2.19. The van der Waals surface area contributed by atoms with Crippen molar-refractivity contribution in [2.45, 2.75) is 43.5 Å². The summed E-state index contributed by atoms with van der Waals surface area (Å²) in [4.78, 5) is 6.33. The van der Waals surface area contributed by atoms with Gasteiger partial charge in [-0.25, -0.2) is 18.1 Å². The summed E-state index contributed by atoms with van der Waals surface area (Å²) in [6.45, 7) is 3.41. The molecule has 0 aromatic carbocycles. The molecule has 1 aliphatic heterocycles. The van der Waals surface area contributed by atoms with Crippen LogP contribution in [0.15, 0.2) is 17.2 Å². The summed E-state index contributed by atoms with van der Waals surface area (Å²) in [5.74, 6) is 0.630. The maximum absolute atomic E-state index is 12.2. The van der Waals surface area contributed by atoms with Gasteiger partial charge in [-0.15, -0.1) is 0 Å². The van der Waals surface area contributed by atoms with Crippen LogP contribution < -0.4 is 9.62 Å². The first-order valence-electron chi connectivity index (χ1n) is 7.24. The van der Waals surface area contributed by atoms with Crippen molar-refractivity contribution in [3.63, 3.8) is 0 Å². The molecule has 0 spiro atoms. The Hall–Kier alpha value is -1.36. The third kappa shape index (κ3) is 4.09. The minimum absolute atomic E-state index is 0.0167. The van der Waals surface area contributed by atoms with Crippen LogP contribution in [0, 0.1) is 11.3 Å². The van der Waals surface area contributed by atoms with Crippen LogP contribution in [-0.4, -0.2) is 32.5 Å². The lowest BCUT2D eigenvalue weighted by atomic mass is 10.1. The van der Waals surface area contributed by atoms with Crippen molar-refractivity contribution in [1.29, 1.82) is 5.26 Å². The van der Waals surface area contributed by atoms with Gasteiger partial charge in [0.05, 0.1) is 17.5 Å². The van der Waals surface area contributed by atoms with E-state index in [-0.39, 0.29) is 11.3 Å². The third-order valence-corrected chi connectivity index (χ3v) is 5.35. The number of rotatable bonds is 5. The Bertz CT molecular complexity index is 666. The van der Waals surface area contributed by atoms with Gasteiger partial charge in [-0.3, -0.25) is 0 Å². The fourth-order valence-electron chi connectivity index (χ4n) is 2.41. The second kappa shape index (κ2) is 7.27. The summed E-state index contributed by atoms with van der Waals surface area (Å²) in [5.41, 5.74) is 0. The highest BCUT2D eigenvalue weighted by molar-refractivity contribution is 7.89. The minimum Gasteiger partial charge on any atom is -0.355 e. The van der Waals surface area contributed by atoms with Crippen LogP contribution in [-0.2, 0) is 10.0 Å². The number of pyridine rings is 1. The molecule has 1 saturated heterocycles. The number of sulfonamides is 1. The molecule has 1 N–H and O–H groups in total. The predicted octanol–water partition coefficient (Wildman–Crippen LogP) is 2.31. The van der Waals surface area contributed by atoms with E-state index in [1.54, 1.807) is 6.92 Å². The molecule has 120 valence electrons. The molecule has 1 aliphatic rings. The number of anilines is 1. The van der Waals surface area contributed by atoms with Crippen LogP contribution in [0.2, 0.25) is 5.02 Å². The van der Waals surface area contributed by atoms with Gasteiger partial charge in [0.2, 0.25) is 10.0 Å². The molecule has 0 aliphatic carbocycles. The summed E-state index contributed by atoms with van der Waals surface area (Å²) >= 11 is 6.22. The largest absolute Gasteiger partial charge is 0.355 e. The lowest BCUT2D eigenvalue weighted by Gasteiger charge is -2.28. The number of halogens is 1. The van der Waals surface area contributed by atoms with Crippen LogP contribution in [0.5, 0.6) is 0 Å². The molecule has 0 amide bonds. The van der Waals surface area contributed by atoms with Gasteiger partial charge in [-0.1, -0.05) is 11.6 Å². The number of aromatic nitrogens is 1.